The van der Waals surface area contributed by atoms with E-state index in [1.807, 2.05) is 30.3 Å². The van der Waals surface area contributed by atoms with Gasteiger partial charge in [0.2, 0.25) is 5.75 Å². The second kappa shape index (κ2) is 8.88. The van der Waals surface area contributed by atoms with Gasteiger partial charge in [-0.25, -0.2) is 4.98 Å². The molecule has 0 spiro atoms. The van der Waals surface area contributed by atoms with Gasteiger partial charge >= 0.3 is 0 Å². The molecule has 1 heterocycles. The van der Waals surface area contributed by atoms with Gasteiger partial charge < -0.3 is 19.5 Å². The summed E-state index contributed by atoms with van der Waals surface area (Å²) in [6.45, 7) is 2.74. The highest BCUT2D eigenvalue weighted by atomic mass is 32.1. The molecule has 1 atom stereocenters. The summed E-state index contributed by atoms with van der Waals surface area (Å²) in [5, 5.41) is 6.66. The molecular formula is C21H24N2O3S. The Morgan fingerprint density at radius 3 is 2.37 bits per heavy atom. The Hall–Kier alpha value is -2.57. The topological polar surface area (TPSA) is 52.6 Å². The summed E-state index contributed by atoms with van der Waals surface area (Å²) in [4.78, 5) is 4.78. The molecule has 1 aromatic heterocycles. The summed E-state index contributed by atoms with van der Waals surface area (Å²) in [5.41, 5.74) is 3.14. The van der Waals surface area contributed by atoms with E-state index < -0.39 is 0 Å². The van der Waals surface area contributed by atoms with Crippen LogP contribution < -0.4 is 19.5 Å². The van der Waals surface area contributed by atoms with Crippen molar-refractivity contribution in [3.8, 4) is 28.5 Å². The van der Waals surface area contributed by atoms with Crippen LogP contribution in [-0.4, -0.2) is 26.3 Å². The second-order valence-corrected chi connectivity index (χ2v) is 6.92. The molecule has 5 nitrogen and oxygen atoms in total. The fraction of sp³-hybridized carbons (Fsp3) is 0.286. The van der Waals surface area contributed by atoms with E-state index in [1.165, 1.54) is 0 Å². The number of benzene rings is 2. The van der Waals surface area contributed by atoms with Crippen LogP contribution >= 0.6 is 11.3 Å². The third-order valence-electron chi connectivity index (χ3n) is 4.35. The highest BCUT2D eigenvalue weighted by Gasteiger charge is 2.17. The average molecular weight is 385 g/mol. The molecule has 1 N–H and O–H groups in total. The lowest BCUT2D eigenvalue weighted by Gasteiger charge is -2.17. The molecule has 0 fully saturated rings. The van der Waals surface area contributed by atoms with Gasteiger partial charge in [-0.1, -0.05) is 36.4 Å². The third kappa shape index (κ3) is 4.23. The smallest absolute Gasteiger partial charge is 0.203 e. The van der Waals surface area contributed by atoms with E-state index in [2.05, 4.69) is 29.8 Å². The van der Waals surface area contributed by atoms with Gasteiger partial charge in [-0.2, -0.15) is 0 Å². The number of hydrogen-bond donors (Lipinski definition) is 1. The molecule has 0 aliphatic carbocycles. The molecule has 0 saturated carbocycles. The SMILES string of the molecule is COc1ccc(CNC(C)c2nc(-c3ccccc3)cs2)c(OC)c1OC. The van der Waals surface area contributed by atoms with Crippen LogP contribution in [0.3, 0.4) is 0 Å². The van der Waals surface area contributed by atoms with Crippen molar-refractivity contribution in [2.75, 3.05) is 21.3 Å². The molecule has 2 aromatic carbocycles. The lowest BCUT2D eigenvalue weighted by molar-refractivity contribution is 0.321. The number of aromatic nitrogens is 1. The summed E-state index contributed by atoms with van der Waals surface area (Å²) in [6, 6.07) is 14.2. The molecule has 0 aliphatic rings. The zero-order valence-corrected chi connectivity index (χ0v) is 16.8. The summed E-state index contributed by atoms with van der Waals surface area (Å²) in [5.74, 6) is 1.94. The minimum absolute atomic E-state index is 0.116. The van der Waals surface area contributed by atoms with Crippen LogP contribution in [0.15, 0.2) is 47.8 Å². The molecule has 0 aliphatic heterocycles. The third-order valence-corrected chi connectivity index (χ3v) is 5.37. The number of rotatable bonds is 8. The van der Waals surface area contributed by atoms with E-state index in [4.69, 9.17) is 19.2 Å². The van der Waals surface area contributed by atoms with Gasteiger partial charge in [0.15, 0.2) is 11.5 Å². The first-order valence-electron chi connectivity index (χ1n) is 8.70. The molecule has 0 bridgehead atoms. The Balaban J connectivity index is 1.73. The van der Waals surface area contributed by atoms with Crippen molar-refractivity contribution in [2.45, 2.75) is 19.5 Å². The van der Waals surface area contributed by atoms with Crippen molar-refractivity contribution in [1.82, 2.24) is 10.3 Å². The van der Waals surface area contributed by atoms with Gasteiger partial charge in [-0.3, -0.25) is 0 Å². The van der Waals surface area contributed by atoms with Gasteiger partial charge in [0.1, 0.15) is 5.01 Å². The van der Waals surface area contributed by atoms with E-state index >= 15 is 0 Å². The molecule has 142 valence electrons. The lowest BCUT2D eigenvalue weighted by Crippen LogP contribution is -2.18. The Labute approximate surface area is 163 Å². The maximum absolute atomic E-state index is 5.55. The number of methoxy groups -OCH3 is 3. The Morgan fingerprint density at radius 1 is 0.963 bits per heavy atom. The minimum atomic E-state index is 0.116. The van der Waals surface area contributed by atoms with Crippen LogP contribution in [-0.2, 0) is 6.54 Å². The maximum Gasteiger partial charge on any atom is 0.203 e. The standard InChI is InChI=1S/C21H24N2O3S/c1-14(21-23-17(13-27-21)15-8-6-5-7-9-15)22-12-16-10-11-18(24-2)20(26-4)19(16)25-3/h5-11,13-14,22H,12H2,1-4H3. The van der Waals surface area contributed by atoms with Crippen molar-refractivity contribution >= 4 is 11.3 Å². The molecule has 0 radical (unpaired) electrons. The fourth-order valence-corrected chi connectivity index (χ4v) is 3.74. The Morgan fingerprint density at radius 2 is 1.70 bits per heavy atom. The predicted octanol–water partition coefficient (Wildman–Crippen LogP) is 4.69. The summed E-state index contributed by atoms with van der Waals surface area (Å²) < 4.78 is 16.3. The zero-order valence-electron chi connectivity index (χ0n) is 16.0. The van der Waals surface area contributed by atoms with Crippen LogP contribution in [0, 0.1) is 0 Å². The van der Waals surface area contributed by atoms with Crippen molar-refractivity contribution in [3.63, 3.8) is 0 Å². The van der Waals surface area contributed by atoms with Crippen LogP contribution in [0.1, 0.15) is 23.5 Å². The monoisotopic (exact) mass is 384 g/mol. The fourth-order valence-electron chi connectivity index (χ4n) is 2.88. The minimum Gasteiger partial charge on any atom is -0.493 e. The molecule has 3 rings (SSSR count). The van der Waals surface area contributed by atoms with Gasteiger partial charge in [0.05, 0.1) is 33.1 Å². The summed E-state index contributed by atoms with van der Waals surface area (Å²) >= 11 is 1.66. The molecule has 27 heavy (non-hydrogen) atoms. The lowest BCUT2D eigenvalue weighted by atomic mass is 10.1. The van der Waals surface area contributed by atoms with Crippen LogP contribution in [0.2, 0.25) is 0 Å². The van der Waals surface area contributed by atoms with Crippen molar-refractivity contribution < 1.29 is 14.2 Å². The normalized spacial score (nSPS) is 11.9. The van der Waals surface area contributed by atoms with Gasteiger partial charge in [0, 0.05) is 23.1 Å². The summed E-state index contributed by atoms with van der Waals surface area (Å²) in [7, 11) is 4.86. The first kappa shape index (κ1) is 19.2. The Bertz CT molecular complexity index is 880. The largest absolute Gasteiger partial charge is 0.493 e. The molecule has 0 saturated heterocycles. The number of ether oxygens (including phenoxy) is 3. The average Bonchev–Trinajstić information content (AvgIpc) is 3.22. The molecule has 1 unspecified atom stereocenters. The van der Waals surface area contributed by atoms with E-state index in [0.29, 0.717) is 23.8 Å². The molecule has 3 aromatic rings. The zero-order chi connectivity index (χ0) is 19.2. The van der Waals surface area contributed by atoms with Crippen LogP contribution in [0.5, 0.6) is 17.2 Å². The first-order valence-corrected chi connectivity index (χ1v) is 9.58. The van der Waals surface area contributed by atoms with Crippen molar-refractivity contribution in [1.29, 1.82) is 0 Å². The van der Waals surface area contributed by atoms with E-state index in [1.54, 1.807) is 32.7 Å². The van der Waals surface area contributed by atoms with Gasteiger partial charge in [-0.05, 0) is 13.0 Å². The molecular weight excluding hydrogens is 360 g/mol. The van der Waals surface area contributed by atoms with Gasteiger partial charge in [0.25, 0.3) is 0 Å². The van der Waals surface area contributed by atoms with Crippen molar-refractivity contribution in [3.05, 3.63) is 58.4 Å². The van der Waals surface area contributed by atoms with Crippen LogP contribution in [0.25, 0.3) is 11.3 Å². The Kier molecular flexibility index (Phi) is 6.32. The number of nitrogens with one attached hydrogen (secondary N) is 1. The van der Waals surface area contributed by atoms with E-state index in [9.17, 15) is 0 Å². The number of thiazole rings is 1. The highest BCUT2D eigenvalue weighted by Crippen LogP contribution is 2.39. The predicted molar refractivity (Wildman–Crippen MR) is 109 cm³/mol. The first-order chi connectivity index (χ1) is 13.2. The van der Waals surface area contributed by atoms with Gasteiger partial charge in [-0.15, -0.1) is 11.3 Å². The van der Waals surface area contributed by atoms with E-state index in [0.717, 1.165) is 21.8 Å². The molecule has 0 amide bonds. The molecule has 6 heteroatoms. The number of hydrogen-bond acceptors (Lipinski definition) is 6. The van der Waals surface area contributed by atoms with Crippen molar-refractivity contribution in [2.24, 2.45) is 0 Å². The maximum atomic E-state index is 5.55. The van der Waals surface area contributed by atoms with E-state index in [-0.39, 0.29) is 6.04 Å². The van der Waals surface area contributed by atoms with Crippen LogP contribution in [0.4, 0.5) is 0 Å². The summed E-state index contributed by atoms with van der Waals surface area (Å²) in [6.07, 6.45) is 0. The highest BCUT2D eigenvalue weighted by molar-refractivity contribution is 7.10. The quantitative estimate of drug-likeness (QED) is 0.611. The second-order valence-electron chi connectivity index (χ2n) is 6.03. The number of nitrogens with zero attached hydrogens (tertiary/aromatic N) is 1.